The van der Waals surface area contributed by atoms with E-state index in [9.17, 15) is 4.79 Å². The van der Waals surface area contributed by atoms with Crippen molar-refractivity contribution in [3.63, 3.8) is 0 Å². The maximum atomic E-state index is 13.1. The zero-order chi connectivity index (χ0) is 18.1. The fraction of sp³-hybridized carbons (Fsp3) is 0.368. The van der Waals surface area contributed by atoms with Crippen LogP contribution in [0.2, 0.25) is 0 Å². The molecule has 0 aliphatic carbocycles. The molecule has 0 atom stereocenters. The highest BCUT2D eigenvalue weighted by Gasteiger charge is 2.25. The molecule has 0 N–H and O–H groups in total. The van der Waals surface area contributed by atoms with Gasteiger partial charge in [0.15, 0.2) is 0 Å². The van der Waals surface area contributed by atoms with Gasteiger partial charge in [-0.1, -0.05) is 18.2 Å². The van der Waals surface area contributed by atoms with Crippen LogP contribution in [0.3, 0.4) is 0 Å². The van der Waals surface area contributed by atoms with Gasteiger partial charge in [0.05, 0.1) is 0 Å². The zero-order valence-electron chi connectivity index (χ0n) is 15.1. The third-order valence-electron chi connectivity index (χ3n) is 4.79. The lowest BCUT2D eigenvalue weighted by atomic mass is 10.3. The van der Waals surface area contributed by atoms with Gasteiger partial charge in [-0.15, -0.1) is 10.2 Å². The minimum absolute atomic E-state index is 0.0823. The minimum atomic E-state index is -0.0823. The molecule has 26 heavy (non-hydrogen) atoms. The van der Waals surface area contributed by atoms with Gasteiger partial charge in [0, 0.05) is 43.3 Å². The predicted molar refractivity (Wildman–Crippen MR) is 99.4 cm³/mol. The average molecular weight is 350 g/mol. The molecule has 7 heteroatoms. The van der Waals surface area contributed by atoms with Crippen LogP contribution in [0.15, 0.2) is 36.4 Å². The monoisotopic (exact) mass is 350 g/mol. The Balaban J connectivity index is 1.56. The Kier molecular flexibility index (Phi) is 4.28. The molecule has 1 aromatic carbocycles. The molecule has 7 nitrogen and oxygen atoms in total. The number of fused-ring (bicyclic) bond motifs is 1. The van der Waals surface area contributed by atoms with Gasteiger partial charge in [0.2, 0.25) is 5.82 Å². The van der Waals surface area contributed by atoms with Gasteiger partial charge in [0.25, 0.3) is 11.7 Å². The van der Waals surface area contributed by atoms with Gasteiger partial charge in [-0.3, -0.25) is 9.20 Å². The molecule has 1 saturated heterocycles. The Morgan fingerprint density at radius 1 is 1.00 bits per heavy atom. The molecule has 1 fully saturated rings. The smallest absolute Gasteiger partial charge is 0.292 e. The summed E-state index contributed by atoms with van der Waals surface area (Å²) in [5.41, 5.74) is 2.99. The molecule has 3 aromatic rings. The SMILES string of the molecule is Cc1cc(C)n2c(C(=O)N3CCCN(c4ccccc4)CC3)nnc2n1. The van der Waals surface area contributed by atoms with E-state index in [2.05, 4.69) is 32.2 Å². The molecular weight excluding hydrogens is 328 g/mol. The van der Waals surface area contributed by atoms with E-state index in [1.807, 2.05) is 43.0 Å². The van der Waals surface area contributed by atoms with Crippen LogP contribution in [0.25, 0.3) is 5.78 Å². The minimum Gasteiger partial charge on any atom is -0.370 e. The number of rotatable bonds is 2. The Labute approximate surface area is 152 Å². The first-order chi connectivity index (χ1) is 12.6. The molecule has 1 amide bonds. The van der Waals surface area contributed by atoms with Crippen LogP contribution in [0.1, 0.15) is 28.4 Å². The van der Waals surface area contributed by atoms with E-state index in [1.165, 1.54) is 5.69 Å². The lowest BCUT2D eigenvalue weighted by molar-refractivity contribution is 0.0753. The second-order valence-corrected chi connectivity index (χ2v) is 6.67. The quantitative estimate of drug-likeness (QED) is 0.708. The highest BCUT2D eigenvalue weighted by atomic mass is 16.2. The van der Waals surface area contributed by atoms with E-state index in [4.69, 9.17) is 0 Å². The molecule has 0 radical (unpaired) electrons. The highest BCUT2D eigenvalue weighted by molar-refractivity contribution is 5.91. The van der Waals surface area contributed by atoms with Crippen LogP contribution in [-0.2, 0) is 0 Å². The maximum absolute atomic E-state index is 13.1. The first kappa shape index (κ1) is 16.5. The van der Waals surface area contributed by atoms with E-state index >= 15 is 0 Å². The second-order valence-electron chi connectivity index (χ2n) is 6.67. The van der Waals surface area contributed by atoms with E-state index in [1.54, 1.807) is 4.40 Å². The third kappa shape index (κ3) is 3.00. The van der Waals surface area contributed by atoms with Gasteiger partial charge in [-0.2, -0.15) is 0 Å². The van der Waals surface area contributed by atoms with E-state index in [0.717, 1.165) is 37.4 Å². The van der Waals surface area contributed by atoms with Crippen LogP contribution in [0.4, 0.5) is 5.69 Å². The van der Waals surface area contributed by atoms with Crippen molar-refractivity contribution in [2.24, 2.45) is 0 Å². The van der Waals surface area contributed by atoms with Crippen molar-refractivity contribution in [2.45, 2.75) is 20.3 Å². The van der Waals surface area contributed by atoms with Crippen LogP contribution < -0.4 is 4.90 Å². The number of carbonyl (C=O) groups excluding carboxylic acids is 1. The summed E-state index contributed by atoms with van der Waals surface area (Å²) >= 11 is 0. The van der Waals surface area contributed by atoms with E-state index in [0.29, 0.717) is 18.1 Å². The van der Waals surface area contributed by atoms with E-state index in [-0.39, 0.29) is 5.91 Å². The normalized spacial score (nSPS) is 15.3. The molecule has 134 valence electrons. The second kappa shape index (κ2) is 6.74. The number of para-hydroxylation sites is 1. The van der Waals surface area contributed by atoms with Gasteiger partial charge in [-0.25, -0.2) is 4.98 Å². The van der Waals surface area contributed by atoms with Gasteiger partial charge in [-0.05, 0) is 38.5 Å². The van der Waals surface area contributed by atoms with Crippen LogP contribution in [0, 0.1) is 13.8 Å². The van der Waals surface area contributed by atoms with Gasteiger partial charge >= 0.3 is 0 Å². The maximum Gasteiger partial charge on any atom is 0.292 e. The van der Waals surface area contributed by atoms with Crippen molar-refractivity contribution in [1.82, 2.24) is 24.5 Å². The largest absolute Gasteiger partial charge is 0.370 e. The third-order valence-corrected chi connectivity index (χ3v) is 4.79. The summed E-state index contributed by atoms with van der Waals surface area (Å²) in [4.78, 5) is 21.6. The van der Waals surface area contributed by atoms with Crippen molar-refractivity contribution in [2.75, 3.05) is 31.1 Å². The van der Waals surface area contributed by atoms with Crippen LogP contribution in [0.5, 0.6) is 0 Å². The number of anilines is 1. The molecule has 4 rings (SSSR count). The Hall–Kier alpha value is -2.96. The number of benzene rings is 1. The number of amides is 1. The predicted octanol–water partition coefficient (Wildman–Crippen LogP) is 2.09. The highest BCUT2D eigenvalue weighted by Crippen LogP contribution is 2.17. The number of hydrogen-bond donors (Lipinski definition) is 0. The molecule has 0 bridgehead atoms. The first-order valence-electron chi connectivity index (χ1n) is 8.92. The molecule has 0 unspecified atom stereocenters. The Morgan fingerprint density at radius 3 is 2.62 bits per heavy atom. The van der Waals surface area contributed by atoms with Crippen molar-refractivity contribution >= 4 is 17.4 Å². The van der Waals surface area contributed by atoms with Crippen molar-refractivity contribution in [3.05, 3.63) is 53.6 Å². The van der Waals surface area contributed by atoms with Crippen molar-refractivity contribution in [1.29, 1.82) is 0 Å². The molecule has 1 aliphatic rings. The number of nitrogens with zero attached hydrogens (tertiary/aromatic N) is 6. The van der Waals surface area contributed by atoms with Crippen LogP contribution in [-0.4, -0.2) is 56.6 Å². The number of aryl methyl sites for hydroxylation is 2. The fourth-order valence-electron chi connectivity index (χ4n) is 3.53. The summed E-state index contributed by atoms with van der Waals surface area (Å²) < 4.78 is 1.75. The summed E-state index contributed by atoms with van der Waals surface area (Å²) in [5, 5.41) is 8.21. The summed E-state index contributed by atoms with van der Waals surface area (Å²) in [6, 6.07) is 12.3. The van der Waals surface area contributed by atoms with Crippen molar-refractivity contribution < 1.29 is 4.79 Å². The van der Waals surface area contributed by atoms with Gasteiger partial charge < -0.3 is 9.80 Å². The molecule has 3 heterocycles. The Bertz CT molecular complexity index is 936. The average Bonchev–Trinajstić information content (AvgIpc) is 2.91. The molecule has 0 spiro atoms. The zero-order valence-corrected chi connectivity index (χ0v) is 15.1. The van der Waals surface area contributed by atoms with Crippen LogP contribution >= 0.6 is 0 Å². The molecule has 0 saturated carbocycles. The summed E-state index contributed by atoms with van der Waals surface area (Å²) in [5.74, 6) is 0.742. The number of aromatic nitrogens is 4. The number of carbonyl (C=O) groups is 1. The van der Waals surface area contributed by atoms with Gasteiger partial charge in [0.1, 0.15) is 0 Å². The summed E-state index contributed by atoms with van der Waals surface area (Å²) in [6.07, 6.45) is 0.924. The molecule has 1 aliphatic heterocycles. The Morgan fingerprint density at radius 2 is 1.81 bits per heavy atom. The molecular formula is C19H22N6O. The molecule has 2 aromatic heterocycles. The van der Waals surface area contributed by atoms with Crippen molar-refractivity contribution in [3.8, 4) is 0 Å². The topological polar surface area (TPSA) is 66.6 Å². The summed E-state index contributed by atoms with van der Waals surface area (Å²) in [6.45, 7) is 6.99. The lowest BCUT2D eigenvalue weighted by Crippen LogP contribution is -2.36. The number of hydrogen-bond acceptors (Lipinski definition) is 5. The standard InChI is InChI=1S/C19H22N6O/c1-14-13-15(2)25-17(21-22-19(25)20-14)18(26)24-10-6-9-23(11-12-24)16-7-4-3-5-8-16/h3-5,7-8,13H,6,9-12H2,1-2H3. The summed E-state index contributed by atoms with van der Waals surface area (Å²) in [7, 11) is 0. The fourth-order valence-corrected chi connectivity index (χ4v) is 3.53. The lowest BCUT2D eigenvalue weighted by Gasteiger charge is -2.23. The van der Waals surface area contributed by atoms with E-state index < -0.39 is 0 Å². The first-order valence-corrected chi connectivity index (χ1v) is 8.92.